The lowest BCUT2D eigenvalue weighted by Crippen LogP contribution is -1.73. The van der Waals surface area contributed by atoms with Crippen LogP contribution in [0.1, 0.15) is 78.1 Å². The molecule has 0 aromatic rings. The first kappa shape index (κ1) is 16.9. The van der Waals surface area contributed by atoms with Gasteiger partial charge in [0, 0.05) is 0 Å². The van der Waals surface area contributed by atoms with E-state index in [1.165, 1.54) is 72.8 Å². The molecule has 0 aliphatic rings. The monoisotopic (exact) mass is 253 g/mol. The molecular formula is C16H30P. The van der Waals surface area contributed by atoms with Crippen LogP contribution < -0.4 is 0 Å². The highest BCUT2D eigenvalue weighted by molar-refractivity contribution is 7.45. The maximum atomic E-state index is 2.33. The molecule has 0 aromatic carbocycles. The summed E-state index contributed by atoms with van der Waals surface area (Å²) in [5.74, 6) is 4.57. The second-order valence-corrected chi connectivity index (χ2v) is 5.51. The number of rotatable bonds is 12. The van der Waals surface area contributed by atoms with Crippen LogP contribution in [-0.2, 0) is 0 Å². The Labute approximate surface area is 111 Å². The molecule has 0 saturated carbocycles. The molecule has 0 heterocycles. The predicted octanol–water partition coefficient (Wildman–Crippen LogP) is 6.90. The molecule has 0 amide bonds. The topological polar surface area (TPSA) is 0 Å². The van der Waals surface area contributed by atoms with E-state index in [4.69, 9.17) is 0 Å². The van der Waals surface area contributed by atoms with E-state index in [1.807, 2.05) is 0 Å². The van der Waals surface area contributed by atoms with E-state index in [0.717, 1.165) is 0 Å². The second kappa shape index (κ2) is 15.9. The second-order valence-electron chi connectivity index (χ2n) is 4.62. The van der Waals surface area contributed by atoms with Gasteiger partial charge in [0.2, 0.25) is 0 Å². The molecule has 99 valence electrons. The molecule has 0 spiro atoms. The van der Waals surface area contributed by atoms with E-state index in [9.17, 15) is 0 Å². The first-order valence-corrected chi connectivity index (χ1v) is 8.45. The summed E-state index contributed by atoms with van der Waals surface area (Å²) < 4.78 is 0. The van der Waals surface area contributed by atoms with E-state index in [1.54, 1.807) is 0 Å². The van der Waals surface area contributed by atoms with Crippen molar-refractivity contribution in [3.63, 3.8) is 0 Å². The van der Waals surface area contributed by atoms with Gasteiger partial charge in [0.25, 0.3) is 0 Å². The molecular weight excluding hydrogens is 223 g/mol. The molecule has 0 aromatic heterocycles. The zero-order chi connectivity index (χ0) is 12.6. The molecule has 0 N–H and O–H groups in total. The van der Waals surface area contributed by atoms with Gasteiger partial charge in [-0.25, -0.2) is 0 Å². The fraction of sp³-hybridized carbons (Fsp3) is 0.750. The fourth-order valence-electron chi connectivity index (χ4n) is 1.70. The average molecular weight is 253 g/mol. The summed E-state index contributed by atoms with van der Waals surface area (Å²) in [4.78, 5) is 0. The zero-order valence-corrected chi connectivity index (χ0v) is 12.7. The van der Waals surface area contributed by atoms with Crippen LogP contribution in [0.15, 0.2) is 23.8 Å². The minimum absolute atomic E-state index is 1.26. The number of unbranched alkanes of at least 4 members (excludes halogenated alkanes) is 8. The van der Waals surface area contributed by atoms with Crippen LogP contribution in [0.4, 0.5) is 0 Å². The minimum Gasteiger partial charge on any atom is -0.0834 e. The maximum absolute atomic E-state index is 2.33. The Morgan fingerprint density at radius 3 is 1.53 bits per heavy atom. The Hall–Kier alpha value is -0.0900. The number of hydrogen-bond acceptors (Lipinski definition) is 0. The third-order valence-corrected chi connectivity index (χ3v) is 3.60. The van der Waals surface area contributed by atoms with Crippen LogP contribution in [0, 0.1) is 0 Å². The maximum Gasteiger partial charge on any atom is -0.0267 e. The molecule has 0 aliphatic carbocycles. The van der Waals surface area contributed by atoms with Gasteiger partial charge in [0.05, 0.1) is 0 Å². The van der Waals surface area contributed by atoms with E-state index in [0.29, 0.717) is 0 Å². The van der Waals surface area contributed by atoms with E-state index in [2.05, 4.69) is 37.6 Å². The van der Waals surface area contributed by atoms with Gasteiger partial charge in [-0.1, -0.05) is 76.2 Å². The third-order valence-electron chi connectivity index (χ3n) is 2.83. The Morgan fingerprint density at radius 1 is 0.647 bits per heavy atom. The van der Waals surface area contributed by atoms with E-state index >= 15 is 0 Å². The lowest BCUT2D eigenvalue weighted by Gasteiger charge is -1.94. The van der Waals surface area contributed by atoms with Crippen molar-refractivity contribution in [2.75, 3.05) is 0 Å². The fourth-order valence-corrected chi connectivity index (χ4v) is 2.34. The number of hydrogen-bond donors (Lipinski definition) is 0. The first-order chi connectivity index (χ1) is 8.41. The predicted molar refractivity (Wildman–Crippen MR) is 82.7 cm³/mol. The van der Waals surface area contributed by atoms with Gasteiger partial charge in [-0.15, -0.1) is 0 Å². The van der Waals surface area contributed by atoms with Crippen molar-refractivity contribution in [2.24, 2.45) is 0 Å². The normalized spacial score (nSPS) is 12.6. The van der Waals surface area contributed by atoms with Crippen LogP contribution in [-0.4, -0.2) is 0 Å². The molecule has 0 rings (SSSR count). The standard InChI is InChI=1S/C16H30P/c1-3-5-7-9-11-13-15-17-16-14-12-10-8-6-4-2/h13-16H,3-12H2,1-2H3. The van der Waals surface area contributed by atoms with Crippen LogP contribution in [0.5, 0.6) is 0 Å². The van der Waals surface area contributed by atoms with Crippen molar-refractivity contribution in [1.29, 1.82) is 0 Å². The molecule has 0 atom stereocenters. The smallest absolute Gasteiger partial charge is 0.0267 e. The average Bonchev–Trinajstić information content (AvgIpc) is 2.35. The SMILES string of the molecule is CCCCCCC=C[P]C=CCCCCCC. The molecule has 1 heteroatoms. The molecule has 0 nitrogen and oxygen atoms in total. The molecule has 1 radical (unpaired) electrons. The highest BCUT2D eigenvalue weighted by atomic mass is 31.1. The highest BCUT2D eigenvalue weighted by Gasteiger charge is 1.85. The van der Waals surface area contributed by atoms with Crippen LogP contribution in [0.2, 0.25) is 0 Å². The van der Waals surface area contributed by atoms with Crippen molar-refractivity contribution >= 4 is 8.58 Å². The molecule has 0 fully saturated rings. The summed E-state index contributed by atoms with van der Waals surface area (Å²) >= 11 is 0. The van der Waals surface area contributed by atoms with Crippen LogP contribution in [0.25, 0.3) is 0 Å². The first-order valence-electron chi connectivity index (χ1n) is 7.41. The van der Waals surface area contributed by atoms with Crippen molar-refractivity contribution in [2.45, 2.75) is 78.1 Å². The van der Waals surface area contributed by atoms with Crippen LogP contribution >= 0.6 is 8.58 Å². The lowest BCUT2D eigenvalue weighted by atomic mass is 10.2. The summed E-state index contributed by atoms with van der Waals surface area (Å²) in [6.45, 7) is 4.53. The van der Waals surface area contributed by atoms with Gasteiger partial charge in [-0.05, 0) is 34.3 Å². The zero-order valence-electron chi connectivity index (χ0n) is 11.8. The van der Waals surface area contributed by atoms with Crippen molar-refractivity contribution < 1.29 is 0 Å². The Kier molecular flexibility index (Phi) is 15.8. The Balaban J connectivity index is 3.14. The molecule has 17 heavy (non-hydrogen) atoms. The third kappa shape index (κ3) is 15.9. The lowest BCUT2D eigenvalue weighted by molar-refractivity contribution is 0.674. The molecule has 0 unspecified atom stereocenters. The minimum atomic E-state index is 1.26. The molecule has 0 aliphatic heterocycles. The summed E-state index contributed by atoms with van der Waals surface area (Å²) in [5.41, 5.74) is 0. The summed E-state index contributed by atoms with van der Waals surface area (Å²) in [6, 6.07) is 0. The molecule has 0 saturated heterocycles. The Bertz CT molecular complexity index is 162. The van der Waals surface area contributed by atoms with Gasteiger partial charge in [0.15, 0.2) is 0 Å². The summed E-state index contributed by atoms with van der Waals surface area (Å²) in [6.07, 6.45) is 18.2. The largest absolute Gasteiger partial charge is 0.0834 e. The summed E-state index contributed by atoms with van der Waals surface area (Å²) in [7, 11) is 1.36. The van der Waals surface area contributed by atoms with Crippen LogP contribution in [0.3, 0.4) is 0 Å². The van der Waals surface area contributed by atoms with Gasteiger partial charge >= 0.3 is 0 Å². The number of allylic oxidation sites excluding steroid dienone is 2. The Morgan fingerprint density at radius 2 is 1.12 bits per heavy atom. The van der Waals surface area contributed by atoms with Crippen molar-refractivity contribution in [1.82, 2.24) is 0 Å². The quantitative estimate of drug-likeness (QED) is 0.262. The van der Waals surface area contributed by atoms with Crippen molar-refractivity contribution in [3.8, 4) is 0 Å². The molecule has 0 bridgehead atoms. The van der Waals surface area contributed by atoms with Gasteiger partial charge < -0.3 is 0 Å². The van der Waals surface area contributed by atoms with Crippen molar-refractivity contribution in [3.05, 3.63) is 23.8 Å². The van der Waals surface area contributed by atoms with Gasteiger partial charge in [-0.3, -0.25) is 0 Å². The van der Waals surface area contributed by atoms with E-state index in [-0.39, 0.29) is 0 Å². The van der Waals surface area contributed by atoms with Gasteiger partial charge in [-0.2, -0.15) is 0 Å². The van der Waals surface area contributed by atoms with Gasteiger partial charge in [0.1, 0.15) is 0 Å². The van der Waals surface area contributed by atoms with E-state index < -0.39 is 0 Å². The summed E-state index contributed by atoms with van der Waals surface area (Å²) in [5, 5.41) is 0. The highest BCUT2D eigenvalue weighted by Crippen LogP contribution is 2.16.